The van der Waals surface area contributed by atoms with Crippen LogP contribution in [0.1, 0.15) is 45.1 Å². The van der Waals surface area contributed by atoms with Gasteiger partial charge < -0.3 is 10.5 Å². The molecule has 0 atom stereocenters. The second-order valence-corrected chi connectivity index (χ2v) is 6.00. The average molecular weight is 233 g/mol. The minimum atomic E-state index is 0.381. The fraction of sp³-hybridized carbons (Fsp3) is 0.600. The van der Waals surface area contributed by atoms with E-state index in [1.54, 1.807) is 0 Å². The molecular formula is C15H23NO. The van der Waals surface area contributed by atoms with Gasteiger partial charge in [0.1, 0.15) is 5.75 Å². The summed E-state index contributed by atoms with van der Waals surface area (Å²) in [5, 5.41) is 0. The topological polar surface area (TPSA) is 35.2 Å². The van der Waals surface area contributed by atoms with Gasteiger partial charge in [-0.05, 0) is 61.8 Å². The van der Waals surface area contributed by atoms with Gasteiger partial charge in [-0.1, -0.05) is 13.8 Å². The highest BCUT2D eigenvalue weighted by molar-refractivity contribution is 5.49. The zero-order chi connectivity index (χ0) is 12.5. The third-order valence-corrected chi connectivity index (χ3v) is 3.83. The van der Waals surface area contributed by atoms with Crippen LogP contribution in [-0.2, 0) is 0 Å². The summed E-state index contributed by atoms with van der Waals surface area (Å²) < 4.78 is 6.03. The summed E-state index contributed by atoms with van der Waals surface area (Å²) in [4.78, 5) is 0. The zero-order valence-electron chi connectivity index (χ0n) is 11.1. The van der Waals surface area contributed by atoms with Gasteiger partial charge in [0.05, 0.1) is 6.10 Å². The van der Waals surface area contributed by atoms with Crippen LogP contribution in [0.15, 0.2) is 18.2 Å². The lowest BCUT2D eigenvalue weighted by molar-refractivity contribution is 0.0987. The highest BCUT2D eigenvalue weighted by atomic mass is 16.5. The molecule has 2 nitrogen and oxygen atoms in total. The van der Waals surface area contributed by atoms with E-state index in [9.17, 15) is 0 Å². The summed E-state index contributed by atoms with van der Waals surface area (Å²) in [6.45, 7) is 6.71. The summed E-state index contributed by atoms with van der Waals surface area (Å²) in [6.07, 6.45) is 5.22. The fourth-order valence-corrected chi connectivity index (χ4v) is 2.40. The molecule has 1 aromatic carbocycles. The number of nitrogen functional groups attached to an aromatic ring is 1. The lowest BCUT2D eigenvalue weighted by Crippen LogP contribution is -2.28. The van der Waals surface area contributed by atoms with E-state index in [1.165, 1.54) is 12.8 Å². The number of anilines is 1. The fourth-order valence-electron chi connectivity index (χ4n) is 2.40. The third kappa shape index (κ3) is 3.15. The molecule has 0 unspecified atom stereocenters. The van der Waals surface area contributed by atoms with Crippen molar-refractivity contribution >= 4 is 5.69 Å². The molecule has 0 radical (unpaired) electrons. The Morgan fingerprint density at radius 3 is 2.47 bits per heavy atom. The van der Waals surface area contributed by atoms with E-state index in [2.05, 4.69) is 13.8 Å². The molecule has 2 N–H and O–H groups in total. The zero-order valence-corrected chi connectivity index (χ0v) is 11.1. The van der Waals surface area contributed by atoms with Crippen LogP contribution in [0.25, 0.3) is 0 Å². The van der Waals surface area contributed by atoms with Crippen molar-refractivity contribution in [1.82, 2.24) is 0 Å². The SMILES string of the molecule is Cc1cc(OC2CCC(C)(C)CC2)ccc1N. The second kappa shape index (κ2) is 4.59. The van der Waals surface area contributed by atoms with Crippen molar-refractivity contribution in [3.63, 3.8) is 0 Å². The first kappa shape index (κ1) is 12.3. The molecule has 1 aromatic rings. The second-order valence-electron chi connectivity index (χ2n) is 6.00. The Hall–Kier alpha value is -1.18. The van der Waals surface area contributed by atoms with Crippen LogP contribution < -0.4 is 10.5 Å². The minimum absolute atomic E-state index is 0.381. The Morgan fingerprint density at radius 1 is 1.24 bits per heavy atom. The molecule has 0 saturated heterocycles. The maximum absolute atomic E-state index is 6.03. The maximum atomic E-state index is 6.03. The first-order valence-electron chi connectivity index (χ1n) is 6.49. The van der Waals surface area contributed by atoms with E-state index in [0.29, 0.717) is 11.5 Å². The lowest BCUT2D eigenvalue weighted by atomic mass is 9.76. The number of rotatable bonds is 2. The molecule has 2 heteroatoms. The Kier molecular flexibility index (Phi) is 3.32. The van der Waals surface area contributed by atoms with Gasteiger partial charge in [-0.2, -0.15) is 0 Å². The monoisotopic (exact) mass is 233 g/mol. The third-order valence-electron chi connectivity index (χ3n) is 3.83. The normalized spacial score (nSPS) is 20.2. The van der Waals surface area contributed by atoms with Crippen molar-refractivity contribution in [3.05, 3.63) is 23.8 Å². The lowest BCUT2D eigenvalue weighted by Gasteiger charge is -2.34. The van der Waals surface area contributed by atoms with Crippen LogP contribution >= 0.6 is 0 Å². The van der Waals surface area contributed by atoms with Crippen molar-refractivity contribution in [2.75, 3.05) is 5.73 Å². The van der Waals surface area contributed by atoms with Crippen LogP contribution in [0.2, 0.25) is 0 Å². The van der Waals surface area contributed by atoms with Gasteiger partial charge in [0.15, 0.2) is 0 Å². The Labute approximate surface area is 104 Å². The predicted octanol–water partition coefficient (Wildman–Crippen LogP) is 3.92. The number of ether oxygens (including phenoxy) is 1. The molecule has 1 aliphatic carbocycles. The number of hydrogen-bond donors (Lipinski definition) is 1. The minimum Gasteiger partial charge on any atom is -0.490 e. The molecule has 0 amide bonds. The van der Waals surface area contributed by atoms with Gasteiger partial charge in [-0.15, -0.1) is 0 Å². The van der Waals surface area contributed by atoms with E-state index in [0.717, 1.165) is 29.8 Å². The van der Waals surface area contributed by atoms with E-state index in [1.807, 2.05) is 25.1 Å². The van der Waals surface area contributed by atoms with Crippen molar-refractivity contribution in [1.29, 1.82) is 0 Å². The van der Waals surface area contributed by atoms with Gasteiger partial charge >= 0.3 is 0 Å². The molecule has 94 valence electrons. The molecule has 1 fully saturated rings. The number of benzene rings is 1. The summed E-state index contributed by atoms with van der Waals surface area (Å²) in [5.41, 5.74) is 8.23. The van der Waals surface area contributed by atoms with Gasteiger partial charge in [0.25, 0.3) is 0 Å². The molecule has 2 rings (SSSR count). The molecule has 1 aliphatic rings. The van der Waals surface area contributed by atoms with Crippen LogP contribution in [-0.4, -0.2) is 6.10 Å². The molecule has 0 spiro atoms. The Morgan fingerprint density at radius 2 is 1.88 bits per heavy atom. The van der Waals surface area contributed by atoms with Crippen molar-refractivity contribution in [3.8, 4) is 5.75 Å². The molecule has 0 bridgehead atoms. The van der Waals surface area contributed by atoms with Gasteiger partial charge in [0.2, 0.25) is 0 Å². The van der Waals surface area contributed by atoms with E-state index < -0.39 is 0 Å². The van der Waals surface area contributed by atoms with Crippen molar-refractivity contribution in [2.45, 2.75) is 52.6 Å². The van der Waals surface area contributed by atoms with Crippen molar-refractivity contribution < 1.29 is 4.74 Å². The molecular weight excluding hydrogens is 210 g/mol. The number of aryl methyl sites for hydroxylation is 1. The van der Waals surface area contributed by atoms with Gasteiger partial charge in [0, 0.05) is 5.69 Å². The number of hydrogen-bond acceptors (Lipinski definition) is 2. The predicted molar refractivity (Wildman–Crippen MR) is 72.3 cm³/mol. The summed E-state index contributed by atoms with van der Waals surface area (Å²) in [5.74, 6) is 0.960. The van der Waals surface area contributed by atoms with E-state index in [-0.39, 0.29) is 0 Å². The Balaban J connectivity index is 1.95. The number of nitrogens with two attached hydrogens (primary N) is 1. The molecule has 17 heavy (non-hydrogen) atoms. The molecule has 0 aromatic heterocycles. The van der Waals surface area contributed by atoms with Gasteiger partial charge in [-0.3, -0.25) is 0 Å². The standard InChI is InChI=1S/C15H23NO/c1-11-10-13(4-5-14(11)16)17-12-6-8-15(2,3)9-7-12/h4-5,10,12H,6-9,16H2,1-3H3. The summed E-state index contributed by atoms with van der Waals surface area (Å²) in [7, 11) is 0. The average Bonchev–Trinajstić information content (AvgIpc) is 2.27. The first-order chi connectivity index (χ1) is 7.96. The summed E-state index contributed by atoms with van der Waals surface area (Å²) in [6, 6.07) is 5.94. The van der Waals surface area contributed by atoms with E-state index in [4.69, 9.17) is 10.5 Å². The van der Waals surface area contributed by atoms with E-state index >= 15 is 0 Å². The molecule has 0 aliphatic heterocycles. The summed E-state index contributed by atoms with van der Waals surface area (Å²) >= 11 is 0. The first-order valence-corrected chi connectivity index (χ1v) is 6.49. The largest absolute Gasteiger partial charge is 0.490 e. The Bertz CT molecular complexity index is 388. The van der Waals surface area contributed by atoms with Crippen LogP contribution in [0.3, 0.4) is 0 Å². The van der Waals surface area contributed by atoms with Crippen LogP contribution in [0.4, 0.5) is 5.69 Å². The van der Waals surface area contributed by atoms with Gasteiger partial charge in [-0.25, -0.2) is 0 Å². The molecule has 0 heterocycles. The smallest absolute Gasteiger partial charge is 0.120 e. The van der Waals surface area contributed by atoms with Crippen molar-refractivity contribution in [2.24, 2.45) is 5.41 Å². The highest BCUT2D eigenvalue weighted by Gasteiger charge is 2.27. The highest BCUT2D eigenvalue weighted by Crippen LogP contribution is 2.36. The van der Waals surface area contributed by atoms with Crippen LogP contribution in [0.5, 0.6) is 5.75 Å². The molecule has 1 saturated carbocycles. The van der Waals surface area contributed by atoms with Crippen LogP contribution in [0, 0.1) is 12.3 Å². The quantitative estimate of drug-likeness (QED) is 0.786. The maximum Gasteiger partial charge on any atom is 0.120 e.